The van der Waals surface area contributed by atoms with E-state index in [0.717, 1.165) is 12.1 Å². The van der Waals surface area contributed by atoms with Crippen LogP contribution >= 0.6 is 11.6 Å². The van der Waals surface area contributed by atoms with Gasteiger partial charge in [0.2, 0.25) is 11.2 Å². The summed E-state index contributed by atoms with van der Waals surface area (Å²) >= 11 is 5.89. The predicted molar refractivity (Wildman–Crippen MR) is 75.2 cm³/mol. The summed E-state index contributed by atoms with van der Waals surface area (Å²) in [6.07, 6.45) is 5.44. The van der Waals surface area contributed by atoms with Crippen molar-refractivity contribution in [1.82, 2.24) is 39.5 Å². The molecule has 3 heterocycles. The zero-order valence-corrected chi connectivity index (χ0v) is 11.9. The molecule has 3 rings (SSSR count). The summed E-state index contributed by atoms with van der Waals surface area (Å²) in [6, 6.07) is 1.96. The largest absolute Gasteiger partial charge is 0.354 e. The second-order valence-electron chi connectivity index (χ2n) is 4.19. The fraction of sp³-hybridized carbons (Fsp3) is 0.273. The van der Waals surface area contributed by atoms with Gasteiger partial charge in [-0.15, -0.1) is 0 Å². The lowest BCUT2D eigenvalue weighted by atomic mass is 10.3. The molecule has 0 aliphatic heterocycles. The Kier molecular flexibility index (Phi) is 3.73. The van der Waals surface area contributed by atoms with E-state index >= 15 is 0 Å². The molecule has 0 atom stereocenters. The van der Waals surface area contributed by atoms with Gasteiger partial charge in [-0.3, -0.25) is 4.68 Å². The number of hydrogen-bond donors (Lipinski definition) is 1. The third kappa shape index (κ3) is 3.14. The van der Waals surface area contributed by atoms with Crippen molar-refractivity contribution in [1.29, 1.82) is 0 Å². The van der Waals surface area contributed by atoms with Gasteiger partial charge in [-0.1, -0.05) is 0 Å². The van der Waals surface area contributed by atoms with Gasteiger partial charge < -0.3 is 5.32 Å². The van der Waals surface area contributed by atoms with Crippen LogP contribution in [0.15, 0.2) is 24.9 Å². The van der Waals surface area contributed by atoms with Gasteiger partial charge in [-0.05, 0) is 17.7 Å². The van der Waals surface area contributed by atoms with E-state index in [0.29, 0.717) is 18.4 Å². The molecule has 0 aliphatic rings. The topological polar surface area (TPSA) is 99.2 Å². The van der Waals surface area contributed by atoms with Crippen molar-refractivity contribution < 1.29 is 0 Å². The average molecular weight is 306 g/mol. The van der Waals surface area contributed by atoms with Crippen molar-refractivity contribution in [2.24, 2.45) is 7.05 Å². The monoisotopic (exact) mass is 305 g/mol. The van der Waals surface area contributed by atoms with E-state index in [1.54, 1.807) is 6.20 Å². The molecule has 0 spiro atoms. The minimum atomic E-state index is 0.0959. The summed E-state index contributed by atoms with van der Waals surface area (Å²) in [5.41, 5.74) is 1.11. The Bertz CT molecular complexity index is 721. The van der Waals surface area contributed by atoms with Crippen molar-refractivity contribution in [3.63, 3.8) is 0 Å². The highest BCUT2D eigenvalue weighted by Gasteiger charge is 2.07. The summed E-state index contributed by atoms with van der Waals surface area (Å²) in [4.78, 5) is 16.1. The number of aryl methyl sites for hydroxylation is 1. The third-order valence-electron chi connectivity index (χ3n) is 2.81. The Balaban J connectivity index is 1.69. The zero-order valence-electron chi connectivity index (χ0n) is 11.2. The SMILES string of the molecule is Cn1nccc1CCNc1nc(Cl)nc(-n2cncn2)n1. The molecule has 3 aromatic rings. The second-order valence-corrected chi connectivity index (χ2v) is 4.53. The smallest absolute Gasteiger partial charge is 0.258 e. The maximum atomic E-state index is 5.89. The molecular weight excluding hydrogens is 294 g/mol. The Morgan fingerprint density at radius 2 is 2.14 bits per heavy atom. The number of halogens is 1. The summed E-state index contributed by atoms with van der Waals surface area (Å²) in [7, 11) is 1.90. The zero-order chi connectivity index (χ0) is 14.7. The second kappa shape index (κ2) is 5.83. The van der Waals surface area contributed by atoms with Crippen molar-refractivity contribution in [3.05, 3.63) is 35.9 Å². The van der Waals surface area contributed by atoms with Gasteiger partial charge in [0, 0.05) is 31.9 Å². The van der Waals surface area contributed by atoms with E-state index in [9.17, 15) is 0 Å². The van der Waals surface area contributed by atoms with Gasteiger partial charge in [-0.2, -0.15) is 29.8 Å². The molecule has 108 valence electrons. The molecule has 0 saturated carbocycles. The lowest BCUT2D eigenvalue weighted by molar-refractivity contribution is 0.709. The Morgan fingerprint density at radius 3 is 2.86 bits per heavy atom. The maximum Gasteiger partial charge on any atom is 0.258 e. The molecule has 10 heteroatoms. The fourth-order valence-electron chi connectivity index (χ4n) is 1.78. The van der Waals surface area contributed by atoms with E-state index in [1.807, 2.05) is 17.8 Å². The molecule has 0 unspecified atom stereocenters. The third-order valence-corrected chi connectivity index (χ3v) is 2.98. The van der Waals surface area contributed by atoms with Gasteiger partial charge >= 0.3 is 0 Å². The van der Waals surface area contributed by atoms with Gasteiger partial charge in [-0.25, -0.2) is 4.98 Å². The summed E-state index contributed by atoms with van der Waals surface area (Å²) in [5, 5.41) is 11.3. The van der Waals surface area contributed by atoms with Gasteiger partial charge in [0.05, 0.1) is 0 Å². The van der Waals surface area contributed by atoms with E-state index in [1.165, 1.54) is 17.3 Å². The number of nitrogens with zero attached hydrogens (tertiary/aromatic N) is 8. The molecule has 9 nitrogen and oxygen atoms in total. The normalized spacial score (nSPS) is 10.8. The fourth-order valence-corrected chi connectivity index (χ4v) is 1.94. The van der Waals surface area contributed by atoms with Crippen LogP contribution in [-0.2, 0) is 13.5 Å². The Hall–Kier alpha value is -2.55. The molecule has 3 aromatic heterocycles. The lowest BCUT2D eigenvalue weighted by Gasteiger charge is -2.06. The van der Waals surface area contributed by atoms with Crippen LogP contribution in [0.2, 0.25) is 5.28 Å². The van der Waals surface area contributed by atoms with E-state index in [-0.39, 0.29) is 5.28 Å². The minimum Gasteiger partial charge on any atom is -0.354 e. The van der Waals surface area contributed by atoms with Crippen LogP contribution in [0.1, 0.15) is 5.69 Å². The first-order valence-electron chi connectivity index (χ1n) is 6.20. The molecular formula is C11H12ClN9. The summed E-state index contributed by atoms with van der Waals surface area (Å²) < 4.78 is 3.24. The molecule has 0 radical (unpaired) electrons. The van der Waals surface area contributed by atoms with Crippen LogP contribution in [0, 0.1) is 0 Å². The van der Waals surface area contributed by atoms with E-state index in [4.69, 9.17) is 11.6 Å². The van der Waals surface area contributed by atoms with Crippen LogP contribution in [0.4, 0.5) is 5.95 Å². The predicted octanol–water partition coefficient (Wildman–Crippen LogP) is 0.494. The maximum absolute atomic E-state index is 5.89. The quantitative estimate of drug-likeness (QED) is 0.732. The molecule has 0 aromatic carbocycles. The van der Waals surface area contributed by atoms with E-state index < -0.39 is 0 Å². The first-order valence-corrected chi connectivity index (χ1v) is 6.57. The van der Waals surface area contributed by atoms with Crippen molar-refractivity contribution in [3.8, 4) is 5.95 Å². The molecule has 0 saturated heterocycles. The van der Waals surface area contributed by atoms with Crippen LogP contribution < -0.4 is 5.32 Å². The molecule has 1 N–H and O–H groups in total. The molecule has 0 fully saturated rings. The van der Waals surface area contributed by atoms with Crippen LogP contribution in [0.5, 0.6) is 0 Å². The average Bonchev–Trinajstić information content (AvgIpc) is 3.10. The number of anilines is 1. The molecule has 0 amide bonds. The Labute approximate surface area is 125 Å². The first kappa shape index (κ1) is 13.4. The molecule has 0 bridgehead atoms. The highest BCUT2D eigenvalue weighted by molar-refractivity contribution is 6.28. The lowest BCUT2D eigenvalue weighted by Crippen LogP contribution is -2.13. The number of rotatable bonds is 5. The van der Waals surface area contributed by atoms with Gasteiger partial charge in [0.15, 0.2) is 0 Å². The highest BCUT2D eigenvalue weighted by Crippen LogP contribution is 2.08. The standard InChI is InChI=1S/C11H12ClN9/c1-20-8(3-5-15-20)2-4-14-10-17-9(12)18-11(19-10)21-7-13-6-16-21/h3,5-7H,2,4H2,1H3,(H,14,17,18,19). The van der Waals surface area contributed by atoms with Crippen molar-refractivity contribution in [2.75, 3.05) is 11.9 Å². The minimum absolute atomic E-state index is 0.0959. The van der Waals surface area contributed by atoms with Gasteiger partial charge in [0.1, 0.15) is 12.7 Å². The van der Waals surface area contributed by atoms with Crippen LogP contribution in [0.25, 0.3) is 5.95 Å². The highest BCUT2D eigenvalue weighted by atomic mass is 35.5. The molecule has 21 heavy (non-hydrogen) atoms. The van der Waals surface area contributed by atoms with Gasteiger partial charge in [0.25, 0.3) is 5.95 Å². The first-order chi connectivity index (χ1) is 10.2. The number of hydrogen-bond acceptors (Lipinski definition) is 7. The summed E-state index contributed by atoms with van der Waals surface area (Å²) in [6.45, 7) is 0.649. The van der Waals surface area contributed by atoms with E-state index in [2.05, 4.69) is 35.5 Å². The number of aromatic nitrogens is 8. The van der Waals surface area contributed by atoms with Crippen LogP contribution in [0.3, 0.4) is 0 Å². The summed E-state index contributed by atoms with van der Waals surface area (Å²) in [5.74, 6) is 0.707. The van der Waals surface area contributed by atoms with Crippen molar-refractivity contribution >= 4 is 17.5 Å². The van der Waals surface area contributed by atoms with Crippen molar-refractivity contribution in [2.45, 2.75) is 6.42 Å². The Morgan fingerprint density at radius 1 is 1.24 bits per heavy atom. The van der Waals surface area contributed by atoms with Crippen LogP contribution in [-0.4, -0.2) is 46.0 Å². The number of nitrogens with one attached hydrogen (secondary N) is 1. The molecule has 0 aliphatic carbocycles.